The van der Waals surface area contributed by atoms with Crippen molar-refractivity contribution in [2.24, 2.45) is 0 Å². The van der Waals surface area contributed by atoms with Gasteiger partial charge in [0.1, 0.15) is 0 Å². The van der Waals surface area contributed by atoms with Gasteiger partial charge in [0.25, 0.3) is 0 Å². The molecule has 2 heterocycles. The summed E-state index contributed by atoms with van der Waals surface area (Å²) in [5.41, 5.74) is 3.06. The van der Waals surface area contributed by atoms with Crippen molar-refractivity contribution >= 4 is 28.6 Å². The van der Waals surface area contributed by atoms with Crippen LogP contribution in [0.3, 0.4) is 0 Å². The smallest absolute Gasteiger partial charge is 0.232 e. The third-order valence-electron chi connectivity index (χ3n) is 3.19. The molecular weight excluding hydrogens is 244 g/mol. The normalized spacial score (nSPS) is 17.7. The molecule has 2 N–H and O–H groups in total. The number of fused-ring (bicyclic) bond motifs is 1. The van der Waals surface area contributed by atoms with Crippen LogP contribution < -0.4 is 10.6 Å². The Balaban J connectivity index is 1.83. The van der Waals surface area contributed by atoms with Crippen LogP contribution in [0.1, 0.15) is 17.9 Å². The van der Waals surface area contributed by atoms with Crippen molar-refractivity contribution < 1.29 is 4.79 Å². The lowest BCUT2D eigenvalue weighted by Crippen LogP contribution is -2.27. The number of carbonyl (C=O) groups is 1. The van der Waals surface area contributed by atoms with E-state index in [1.54, 1.807) is 11.3 Å². The van der Waals surface area contributed by atoms with E-state index in [1.165, 1.54) is 0 Å². The summed E-state index contributed by atoms with van der Waals surface area (Å²) in [6.07, 6.45) is 0.840. The summed E-state index contributed by atoms with van der Waals surface area (Å²) < 4.78 is 0. The molecule has 2 aromatic rings. The Morgan fingerprint density at radius 1 is 1.33 bits per heavy atom. The van der Waals surface area contributed by atoms with E-state index >= 15 is 0 Å². The minimum Gasteiger partial charge on any atom is -0.385 e. The third kappa shape index (κ3) is 2.11. The number of amides is 1. The second kappa shape index (κ2) is 4.82. The fourth-order valence-corrected chi connectivity index (χ4v) is 2.89. The van der Waals surface area contributed by atoms with Crippen molar-refractivity contribution in [1.82, 2.24) is 0 Å². The van der Waals surface area contributed by atoms with Gasteiger partial charge in [-0.15, -0.1) is 0 Å². The van der Waals surface area contributed by atoms with Crippen LogP contribution in [0.2, 0.25) is 0 Å². The number of carbonyl (C=O) groups excluding carboxylic acids is 1. The van der Waals surface area contributed by atoms with Crippen molar-refractivity contribution in [3.8, 4) is 0 Å². The van der Waals surface area contributed by atoms with Gasteiger partial charge in [0, 0.05) is 17.6 Å². The van der Waals surface area contributed by atoms with Crippen LogP contribution in [0.25, 0.3) is 0 Å². The molecule has 1 amide bonds. The molecule has 1 aliphatic rings. The van der Waals surface area contributed by atoms with Crippen LogP contribution in [0, 0.1) is 0 Å². The number of hydrogen-bond donors (Lipinski definition) is 2. The summed E-state index contributed by atoms with van der Waals surface area (Å²) in [5, 5.41) is 10.2. The van der Waals surface area contributed by atoms with E-state index < -0.39 is 0 Å². The Morgan fingerprint density at radius 2 is 2.22 bits per heavy atom. The van der Waals surface area contributed by atoms with E-state index in [4.69, 9.17) is 0 Å². The minimum absolute atomic E-state index is 0.0534. The summed E-state index contributed by atoms with van der Waals surface area (Å²) in [7, 11) is 0. The predicted octanol–water partition coefficient (Wildman–Crippen LogP) is 3.29. The van der Waals surface area contributed by atoms with Crippen LogP contribution in [-0.4, -0.2) is 12.5 Å². The fraction of sp³-hybridized carbons (Fsp3) is 0.214. The molecule has 0 spiro atoms. The van der Waals surface area contributed by atoms with Gasteiger partial charge < -0.3 is 10.6 Å². The SMILES string of the molecule is O=C(Nc1ccsc1)C1CCNc2ccccc21. The molecule has 3 nitrogen and oxygen atoms in total. The zero-order valence-corrected chi connectivity index (χ0v) is 10.7. The molecule has 0 aliphatic carbocycles. The first-order valence-corrected chi connectivity index (χ1v) is 6.95. The minimum atomic E-state index is -0.0534. The predicted molar refractivity (Wildman–Crippen MR) is 75.2 cm³/mol. The van der Waals surface area contributed by atoms with Crippen LogP contribution >= 0.6 is 11.3 Å². The summed E-state index contributed by atoms with van der Waals surface area (Å²) in [5.74, 6) is 0.0321. The maximum Gasteiger partial charge on any atom is 0.232 e. The van der Waals surface area contributed by atoms with E-state index in [1.807, 2.05) is 41.1 Å². The van der Waals surface area contributed by atoms with Gasteiger partial charge in [0.15, 0.2) is 0 Å². The quantitative estimate of drug-likeness (QED) is 0.868. The molecule has 0 bridgehead atoms. The maximum absolute atomic E-state index is 12.3. The zero-order valence-electron chi connectivity index (χ0n) is 9.85. The van der Waals surface area contributed by atoms with Crippen molar-refractivity contribution in [1.29, 1.82) is 0 Å². The Hall–Kier alpha value is -1.81. The lowest BCUT2D eigenvalue weighted by molar-refractivity contribution is -0.117. The molecule has 1 atom stereocenters. The van der Waals surface area contributed by atoms with Crippen molar-refractivity contribution in [2.75, 3.05) is 17.2 Å². The van der Waals surface area contributed by atoms with Crippen LogP contribution in [0.5, 0.6) is 0 Å². The molecule has 1 aromatic heterocycles. The van der Waals surface area contributed by atoms with E-state index in [0.717, 1.165) is 29.9 Å². The largest absolute Gasteiger partial charge is 0.385 e. The van der Waals surface area contributed by atoms with Gasteiger partial charge in [-0.05, 0) is 29.5 Å². The standard InChI is InChI=1S/C14H14N2OS/c17-14(16-10-6-8-18-9-10)12-5-7-15-13-4-2-1-3-11(12)13/h1-4,6,8-9,12,15H,5,7H2,(H,16,17). The van der Waals surface area contributed by atoms with Gasteiger partial charge in [-0.2, -0.15) is 11.3 Å². The van der Waals surface area contributed by atoms with E-state index in [0.29, 0.717) is 0 Å². The van der Waals surface area contributed by atoms with Crippen molar-refractivity contribution in [3.63, 3.8) is 0 Å². The molecule has 1 aromatic carbocycles. The maximum atomic E-state index is 12.3. The zero-order chi connectivity index (χ0) is 12.4. The highest BCUT2D eigenvalue weighted by molar-refractivity contribution is 7.08. The molecule has 92 valence electrons. The highest BCUT2D eigenvalue weighted by Gasteiger charge is 2.26. The van der Waals surface area contributed by atoms with Gasteiger partial charge in [0.05, 0.1) is 11.6 Å². The monoisotopic (exact) mass is 258 g/mol. The number of benzene rings is 1. The summed E-state index contributed by atoms with van der Waals surface area (Å²) in [4.78, 5) is 12.3. The lowest BCUT2D eigenvalue weighted by Gasteiger charge is -2.25. The number of para-hydroxylation sites is 1. The third-order valence-corrected chi connectivity index (χ3v) is 3.87. The summed E-state index contributed by atoms with van der Waals surface area (Å²) in [6.45, 7) is 0.846. The molecule has 4 heteroatoms. The van der Waals surface area contributed by atoms with E-state index in [-0.39, 0.29) is 11.8 Å². The van der Waals surface area contributed by atoms with E-state index in [9.17, 15) is 4.79 Å². The molecule has 1 unspecified atom stereocenters. The Labute approximate surface area is 110 Å². The number of thiophene rings is 1. The number of anilines is 2. The number of hydrogen-bond acceptors (Lipinski definition) is 3. The fourth-order valence-electron chi connectivity index (χ4n) is 2.31. The topological polar surface area (TPSA) is 41.1 Å². The molecule has 1 aliphatic heterocycles. The van der Waals surface area contributed by atoms with Crippen LogP contribution in [-0.2, 0) is 4.79 Å². The van der Waals surface area contributed by atoms with Gasteiger partial charge in [-0.3, -0.25) is 4.79 Å². The first-order valence-electron chi connectivity index (χ1n) is 6.00. The molecule has 3 rings (SSSR count). The van der Waals surface area contributed by atoms with Gasteiger partial charge >= 0.3 is 0 Å². The lowest BCUT2D eigenvalue weighted by atomic mass is 9.90. The average molecular weight is 258 g/mol. The second-order valence-electron chi connectivity index (χ2n) is 4.36. The molecule has 18 heavy (non-hydrogen) atoms. The highest BCUT2D eigenvalue weighted by atomic mass is 32.1. The Bertz CT molecular complexity index is 551. The molecule has 0 saturated carbocycles. The number of rotatable bonds is 2. The second-order valence-corrected chi connectivity index (χ2v) is 5.14. The van der Waals surface area contributed by atoms with Crippen LogP contribution in [0.15, 0.2) is 41.1 Å². The van der Waals surface area contributed by atoms with Gasteiger partial charge in [-0.1, -0.05) is 18.2 Å². The Kier molecular flexibility index (Phi) is 3.02. The molecule has 0 saturated heterocycles. The first kappa shape index (κ1) is 11.3. The first-order chi connectivity index (χ1) is 8.84. The van der Waals surface area contributed by atoms with Gasteiger partial charge in [-0.25, -0.2) is 0 Å². The summed E-state index contributed by atoms with van der Waals surface area (Å²) in [6, 6.07) is 9.95. The number of nitrogens with one attached hydrogen (secondary N) is 2. The van der Waals surface area contributed by atoms with Gasteiger partial charge in [0.2, 0.25) is 5.91 Å². The van der Waals surface area contributed by atoms with E-state index in [2.05, 4.69) is 10.6 Å². The van der Waals surface area contributed by atoms with Crippen molar-refractivity contribution in [2.45, 2.75) is 12.3 Å². The Morgan fingerprint density at radius 3 is 3.06 bits per heavy atom. The van der Waals surface area contributed by atoms with Crippen LogP contribution in [0.4, 0.5) is 11.4 Å². The van der Waals surface area contributed by atoms with Crippen molar-refractivity contribution in [3.05, 3.63) is 46.7 Å². The molecular formula is C14H14N2OS. The highest BCUT2D eigenvalue weighted by Crippen LogP contribution is 2.32. The summed E-state index contributed by atoms with van der Waals surface area (Å²) >= 11 is 1.59. The average Bonchev–Trinajstić information content (AvgIpc) is 2.91. The molecule has 0 fully saturated rings. The molecule has 0 radical (unpaired) electrons.